The lowest BCUT2D eigenvalue weighted by Gasteiger charge is -2.39. The lowest BCUT2D eigenvalue weighted by atomic mass is 9.84. The molecule has 1 aliphatic heterocycles. The molecule has 0 aromatic heterocycles. The summed E-state index contributed by atoms with van der Waals surface area (Å²) in [6.07, 6.45) is 6.32. The smallest absolute Gasteiger partial charge is 0.243 e. The van der Waals surface area contributed by atoms with Crippen LogP contribution in [0.5, 0.6) is 0 Å². The quantitative estimate of drug-likeness (QED) is 0.451. The monoisotopic (exact) mass is 474 g/mol. The van der Waals surface area contributed by atoms with E-state index in [1.807, 2.05) is 36.4 Å². The normalized spacial score (nSPS) is 18.9. The van der Waals surface area contributed by atoms with Gasteiger partial charge in [-0.25, -0.2) is 8.42 Å². The van der Waals surface area contributed by atoms with Crippen LogP contribution in [0.3, 0.4) is 0 Å². The van der Waals surface area contributed by atoms with Gasteiger partial charge in [0.2, 0.25) is 10.0 Å². The van der Waals surface area contributed by atoms with Crippen molar-refractivity contribution >= 4 is 10.0 Å². The fourth-order valence-electron chi connectivity index (χ4n) is 5.58. The van der Waals surface area contributed by atoms with E-state index in [9.17, 15) is 8.42 Å². The van der Waals surface area contributed by atoms with E-state index in [0.29, 0.717) is 37.0 Å². The summed E-state index contributed by atoms with van der Waals surface area (Å²) < 4.78 is 28.5. The number of nitrogens with zero attached hydrogens (tertiary/aromatic N) is 2. The van der Waals surface area contributed by atoms with Gasteiger partial charge in [-0.3, -0.25) is 4.90 Å². The lowest BCUT2D eigenvalue weighted by molar-refractivity contribution is 0.156. The molecule has 4 nitrogen and oxygen atoms in total. The van der Waals surface area contributed by atoms with E-state index in [4.69, 9.17) is 0 Å². The van der Waals surface area contributed by atoms with Crippen LogP contribution in [0.25, 0.3) is 0 Å². The molecular formula is C29H34N2O2S. The van der Waals surface area contributed by atoms with Crippen LogP contribution in [0.4, 0.5) is 0 Å². The molecule has 0 spiro atoms. The summed E-state index contributed by atoms with van der Waals surface area (Å²) in [4.78, 5) is 2.83. The van der Waals surface area contributed by atoms with E-state index in [1.165, 1.54) is 48.8 Å². The Kier molecular flexibility index (Phi) is 7.14. The summed E-state index contributed by atoms with van der Waals surface area (Å²) in [6, 6.07) is 28.9. The predicted octanol–water partition coefficient (Wildman–Crippen LogP) is 5.83. The molecule has 178 valence electrons. The SMILES string of the molecule is O=S(=O)(c1ccc(C2CCCCC2)cc1)N1CCN(C(c2ccccc2)c2ccccc2)CC1. The Hall–Kier alpha value is -2.47. The number of benzene rings is 3. The molecule has 1 saturated carbocycles. The molecule has 0 radical (unpaired) electrons. The minimum atomic E-state index is -3.48. The third kappa shape index (κ3) is 4.97. The topological polar surface area (TPSA) is 40.6 Å². The number of rotatable bonds is 6. The van der Waals surface area contributed by atoms with Crippen molar-refractivity contribution in [1.29, 1.82) is 0 Å². The van der Waals surface area contributed by atoms with Gasteiger partial charge in [0.05, 0.1) is 10.9 Å². The molecule has 0 amide bonds. The largest absolute Gasteiger partial charge is 0.290 e. The Morgan fingerprint density at radius 3 is 1.71 bits per heavy atom. The second-order valence-electron chi connectivity index (χ2n) is 9.57. The molecule has 1 saturated heterocycles. The molecule has 5 heteroatoms. The van der Waals surface area contributed by atoms with E-state index in [0.717, 1.165) is 0 Å². The zero-order valence-electron chi connectivity index (χ0n) is 19.7. The second-order valence-corrected chi connectivity index (χ2v) is 11.5. The van der Waals surface area contributed by atoms with E-state index >= 15 is 0 Å². The van der Waals surface area contributed by atoms with Gasteiger partial charge >= 0.3 is 0 Å². The van der Waals surface area contributed by atoms with Crippen molar-refractivity contribution < 1.29 is 8.42 Å². The molecule has 0 bridgehead atoms. The average Bonchev–Trinajstić information content (AvgIpc) is 2.91. The van der Waals surface area contributed by atoms with Crippen LogP contribution < -0.4 is 0 Å². The van der Waals surface area contributed by atoms with Gasteiger partial charge in [-0.15, -0.1) is 0 Å². The van der Waals surface area contributed by atoms with Crippen molar-refractivity contribution in [2.45, 2.75) is 49.0 Å². The highest BCUT2D eigenvalue weighted by Crippen LogP contribution is 2.34. The highest BCUT2D eigenvalue weighted by atomic mass is 32.2. The molecule has 1 heterocycles. The third-order valence-electron chi connectivity index (χ3n) is 7.46. The third-order valence-corrected chi connectivity index (χ3v) is 9.38. The summed E-state index contributed by atoms with van der Waals surface area (Å²) in [6.45, 7) is 2.41. The summed E-state index contributed by atoms with van der Waals surface area (Å²) in [5, 5.41) is 0. The molecule has 3 aromatic rings. The van der Waals surface area contributed by atoms with Gasteiger partial charge in [0.25, 0.3) is 0 Å². The maximum absolute atomic E-state index is 13.4. The first-order valence-corrected chi connectivity index (χ1v) is 14.0. The highest BCUT2D eigenvalue weighted by molar-refractivity contribution is 7.89. The first-order chi connectivity index (χ1) is 16.6. The van der Waals surface area contributed by atoms with Crippen LogP contribution in [0.15, 0.2) is 89.8 Å². The van der Waals surface area contributed by atoms with Crippen molar-refractivity contribution in [2.75, 3.05) is 26.2 Å². The molecule has 0 atom stereocenters. The number of hydrogen-bond acceptors (Lipinski definition) is 3. The molecule has 1 aliphatic carbocycles. The molecule has 3 aromatic carbocycles. The van der Waals surface area contributed by atoms with Crippen LogP contribution in [0.2, 0.25) is 0 Å². The van der Waals surface area contributed by atoms with Crippen molar-refractivity contribution in [3.8, 4) is 0 Å². The fourth-order valence-corrected chi connectivity index (χ4v) is 7.01. The maximum Gasteiger partial charge on any atom is 0.243 e. The molecule has 0 unspecified atom stereocenters. The first-order valence-electron chi connectivity index (χ1n) is 12.6. The minimum absolute atomic E-state index is 0.127. The Balaban J connectivity index is 1.30. The number of piperazine rings is 1. The minimum Gasteiger partial charge on any atom is -0.290 e. The number of hydrogen-bond donors (Lipinski definition) is 0. The highest BCUT2D eigenvalue weighted by Gasteiger charge is 2.32. The summed E-state index contributed by atoms with van der Waals surface area (Å²) in [7, 11) is -3.48. The van der Waals surface area contributed by atoms with Crippen molar-refractivity contribution in [3.63, 3.8) is 0 Å². The van der Waals surface area contributed by atoms with Gasteiger partial charge in [-0.1, -0.05) is 92.1 Å². The molecule has 34 heavy (non-hydrogen) atoms. The Morgan fingerprint density at radius 1 is 0.647 bits per heavy atom. The Bertz CT molecular complexity index is 1110. The standard InChI is InChI=1S/C29H34N2O2S/c32-34(33,28-18-16-25(17-19-28)24-10-4-1-5-11-24)31-22-20-30(21-23-31)29(26-12-6-2-7-13-26)27-14-8-3-9-15-27/h2-3,6-9,12-19,24,29H,1,4-5,10-11,20-23H2. The van der Waals surface area contributed by atoms with E-state index < -0.39 is 10.0 Å². The molecular weight excluding hydrogens is 440 g/mol. The molecule has 5 rings (SSSR count). The Morgan fingerprint density at radius 2 is 1.18 bits per heavy atom. The van der Waals surface area contributed by atoms with Crippen molar-refractivity contribution in [3.05, 3.63) is 102 Å². The molecule has 2 fully saturated rings. The average molecular weight is 475 g/mol. The van der Waals surface area contributed by atoms with Gasteiger partial charge in [-0.05, 0) is 47.6 Å². The fraction of sp³-hybridized carbons (Fsp3) is 0.379. The van der Waals surface area contributed by atoms with Gasteiger partial charge < -0.3 is 0 Å². The molecule has 2 aliphatic rings. The Labute approximate surface area is 204 Å². The zero-order chi connectivity index (χ0) is 23.4. The van der Waals surface area contributed by atoms with Crippen LogP contribution in [-0.2, 0) is 10.0 Å². The van der Waals surface area contributed by atoms with Crippen LogP contribution in [-0.4, -0.2) is 43.8 Å². The van der Waals surface area contributed by atoms with Crippen LogP contribution >= 0.6 is 0 Å². The van der Waals surface area contributed by atoms with Gasteiger partial charge in [0.15, 0.2) is 0 Å². The van der Waals surface area contributed by atoms with Crippen molar-refractivity contribution in [2.24, 2.45) is 0 Å². The number of sulfonamides is 1. The summed E-state index contributed by atoms with van der Waals surface area (Å²) in [5.74, 6) is 0.585. The summed E-state index contributed by atoms with van der Waals surface area (Å²) in [5.41, 5.74) is 3.77. The predicted molar refractivity (Wildman–Crippen MR) is 137 cm³/mol. The lowest BCUT2D eigenvalue weighted by Crippen LogP contribution is -2.49. The van der Waals surface area contributed by atoms with Gasteiger partial charge in [0, 0.05) is 26.2 Å². The van der Waals surface area contributed by atoms with Gasteiger partial charge in [-0.2, -0.15) is 4.31 Å². The molecule has 0 N–H and O–H groups in total. The van der Waals surface area contributed by atoms with E-state index in [-0.39, 0.29) is 6.04 Å². The maximum atomic E-state index is 13.4. The van der Waals surface area contributed by atoms with Crippen molar-refractivity contribution in [1.82, 2.24) is 9.21 Å². The van der Waals surface area contributed by atoms with E-state index in [1.54, 1.807) is 4.31 Å². The van der Waals surface area contributed by atoms with E-state index in [2.05, 4.69) is 53.4 Å². The summed E-state index contributed by atoms with van der Waals surface area (Å²) >= 11 is 0. The second kappa shape index (κ2) is 10.4. The van der Waals surface area contributed by atoms with Crippen LogP contribution in [0.1, 0.15) is 60.8 Å². The first kappa shape index (κ1) is 23.3. The van der Waals surface area contributed by atoms with Crippen LogP contribution in [0, 0.1) is 0 Å². The van der Waals surface area contributed by atoms with Gasteiger partial charge in [0.1, 0.15) is 0 Å². The zero-order valence-corrected chi connectivity index (χ0v) is 20.5.